The van der Waals surface area contributed by atoms with E-state index in [9.17, 15) is 14.7 Å². The standard InChI is InChI=1S/C21H28N4O2.C20H26N4O2/c1-15-16(12-17-13-22-9-6-20(17)21(26)27-2)14-23-25(15)19-7-10-24(11-8-19)18-4-3-5-18;1-14-15(11-16-12-21-8-5-19(16)20(25)26)13-22-24(14)18-6-9-23(10-7-18)17-3-2-4-17/h6,9,13-14,18-19H,3-5,7-8,10-12H2,1-2H3;5,8,12-13,17-18H,2-4,6-7,9-11H2,1H3,(H,25,26). The molecule has 2 aliphatic heterocycles. The summed E-state index contributed by atoms with van der Waals surface area (Å²) in [6.45, 7) is 8.91. The van der Waals surface area contributed by atoms with Gasteiger partial charge in [0.15, 0.2) is 0 Å². The van der Waals surface area contributed by atoms with Gasteiger partial charge in [-0.05, 0) is 99.6 Å². The molecule has 4 aromatic rings. The number of hydrogen-bond acceptors (Lipinski definition) is 9. The zero-order valence-electron chi connectivity index (χ0n) is 31.5. The van der Waals surface area contributed by atoms with Gasteiger partial charge in [0.1, 0.15) is 0 Å². The number of aromatic nitrogens is 6. The minimum absolute atomic E-state index is 0.319. The number of hydrogen-bond donors (Lipinski definition) is 1. The molecular weight excluding hydrogens is 669 g/mol. The molecule has 53 heavy (non-hydrogen) atoms. The van der Waals surface area contributed by atoms with E-state index in [-0.39, 0.29) is 5.97 Å². The average Bonchev–Trinajstić information content (AvgIpc) is 3.68. The lowest BCUT2D eigenvalue weighted by molar-refractivity contribution is 0.0598. The number of carbonyl (C=O) groups is 2. The molecule has 0 atom stereocenters. The van der Waals surface area contributed by atoms with Crippen LogP contribution in [0.1, 0.15) is 131 Å². The second kappa shape index (κ2) is 16.7. The minimum atomic E-state index is -0.907. The lowest BCUT2D eigenvalue weighted by atomic mass is 9.89. The first kappa shape index (κ1) is 36.9. The fourth-order valence-electron chi connectivity index (χ4n) is 8.56. The van der Waals surface area contributed by atoms with Gasteiger partial charge in [-0.2, -0.15) is 10.2 Å². The van der Waals surface area contributed by atoms with Crippen molar-refractivity contribution in [2.75, 3.05) is 33.3 Å². The highest BCUT2D eigenvalue weighted by atomic mass is 16.5. The predicted octanol–water partition coefficient (Wildman–Crippen LogP) is 6.22. The second-order valence-corrected chi connectivity index (χ2v) is 15.3. The van der Waals surface area contributed by atoms with E-state index >= 15 is 0 Å². The van der Waals surface area contributed by atoms with Crippen LogP contribution in [0.25, 0.3) is 0 Å². The van der Waals surface area contributed by atoms with Gasteiger partial charge < -0.3 is 19.6 Å². The van der Waals surface area contributed by atoms with Crippen LogP contribution in [0.15, 0.2) is 49.3 Å². The molecule has 0 radical (unpaired) electrons. The van der Waals surface area contributed by atoms with Crippen LogP contribution in [0.2, 0.25) is 0 Å². The van der Waals surface area contributed by atoms with Crippen molar-refractivity contribution >= 4 is 11.9 Å². The van der Waals surface area contributed by atoms with Crippen LogP contribution in [0.5, 0.6) is 0 Å². The van der Waals surface area contributed by atoms with Gasteiger partial charge in [-0.1, -0.05) is 12.8 Å². The van der Waals surface area contributed by atoms with Crippen LogP contribution in [0.3, 0.4) is 0 Å². The summed E-state index contributed by atoms with van der Waals surface area (Å²) in [6, 6.07) is 5.87. The number of likely N-dealkylation sites (tertiary alicyclic amines) is 2. The van der Waals surface area contributed by atoms with E-state index in [4.69, 9.17) is 9.84 Å². The number of piperidine rings is 2. The Balaban J connectivity index is 0.000000164. The number of aromatic carboxylic acids is 1. The molecule has 2 saturated carbocycles. The number of pyridine rings is 2. The van der Waals surface area contributed by atoms with Gasteiger partial charge in [-0.15, -0.1) is 0 Å². The molecule has 6 heterocycles. The van der Waals surface area contributed by atoms with Crippen molar-refractivity contribution in [3.05, 3.63) is 94.1 Å². The number of rotatable bonds is 10. The van der Waals surface area contributed by atoms with E-state index < -0.39 is 5.97 Å². The summed E-state index contributed by atoms with van der Waals surface area (Å²) in [5.74, 6) is -1.23. The minimum Gasteiger partial charge on any atom is -0.478 e. The van der Waals surface area contributed by atoms with Gasteiger partial charge in [0.05, 0.1) is 42.7 Å². The molecule has 12 nitrogen and oxygen atoms in total. The normalized spacial score (nSPS) is 19.2. The van der Waals surface area contributed by atoms with Crippen LogP contribution >= 0.6 is 0 Å². The molecule has 0 spiro atoms. The Morgan fingerprint density at radius 2 is 1.08 bits per heavy atom. The van der Waals surface area contributed by atoms with Gasteiger partial charge in [0.2, 0.25) is 0 Å². The Labute approximate surface area is 312 Å². The van der Waals surface area contributed by atoms with Gasteiger partial charge in [0.25, 0.3) is 0 Å². The van der Waals surface area contributed by atoms with Crippen LogP contribution < -0.4 is 0 Å². The first-order valence-electron chi connectivity index (χ1n) is 19.5. The van der Waals surface area contributed by atoms with Crippen molar-refractivity contribution in [3.63, 3.8) is 0 Å². The molecule has 282 valence electrons. The summed E-state index contributed by atoms with van der Waals surface area (Å²) in [5, 5.41) is 18.7. The zero-order chi connectivity index (χ0) is 36.9. The quantitative estimate of drug-likeness (QED) is 0.188. The molecule has 0 bridgehead atoms. The van der Waals surface area contributed by atoms with Crippen LogP contribution in [-0.2, 0) is 17.6 Å². The molecule has 4 aromatic heterocycles. The van der Waals surface area contributed by atoms with E-state index in [2.05, 4.69) is 48.1 Å². The molecule has 12 heteroatoms. The number of methoxy groups -OCH3 is 1. The highest BCUT2D eigenvalue weighted by molar-refractivity contribution is 5.91. The fourth-order valence-corrected chi connectivity index (χ4v) is 8.56. The van der Waals surface area contributed by atoms with Crippen LogP contribution in [-0.4, -0.2) is 102 Å². The largest absolute Gasteiger partial charge is 0.478 e. The molecule has 0 aromatic carbocycles. The van der Waals surface area contributed by atoms with Crippen molar-refractivity contribution in [3.8, 4) is 0 Å². The Morgan fingerprint density at radius 3 is 1.47 bits per heavy atom. The Hall–Kier alpha value is -4.42. The third kappa shape index (κ3) is 8.23. The van der Waals surface area contributed by atoms with E-state index in [1.807, 2.05) is 12.4 Å². The van der Waals surface area contributed by atoms with Crippen molar-refractivity contribution in [2.45, 2.75) is 115 Å². The highest BCUT2D eigenvalue weighted by Gasteiger charge is 2.31. The molecular formula is C41H54N8O4. The summed E-state index contributed by atoms with van der Waals surface area (Å²) in [6.07, 6.45) is 24.5. The molecule has 8 rings (SSSR count). The zero-order valence-corrected chi connectivity index (χ0v) is 31.5. The molecule has 0 unspecified atom stereocenters. The summed E-state index contributed by atoms with van der Waals surface area (Å²) >= 11 is 0. The van der Waals surface area contributed by atoms with Crippen LogP contribution in [0, 0.1) is 13.8 Å². The Bertz CT molecular complexity index is 1860. The van der Waals surface area contributed by atoms with E-state index in [1.165, 1.54) is 83.5 Å². The molecule has 4 aliphatic rings. The summed E-state index contributed by atoms with van der Waals surface area (Å²) in [7, 11) is 1.41. The monoisotopic (exact) mass is 722 g/mol. The predicted molar refractivity (Wildman–Crippen MR) is 201 cm³/mol. The molecule has 0 amide bonds. The van der Waals surface area contributed by atoms with Crippen molar-refractivity contribution in [1.29, 1.82) is 0 Å². The summed E-state index contributed by atoms with van der Waals surface area (Å²) in [5.41, 5.74) is 7.09. The molecule has 4 fully saturated rings. The average molecular weight is 723 g/mol. The van der Waals surface area contributed by atoms with Crippen molar-refractivity contribution in [1.82, 2.24) is 39.3 Å². The number of nitrogens with zero attached hydrogens (tertiary/aromatic N) is 8. The van der Waals surface area contributed by atoms with E-state index in [0.29, 0.717) is 36.1 Å². The Morgan fingerprint density at radius 1 is 0.642 bits per heavy atom. The number of esters is 1. The fraction of sp³-hybridized carbons (Fsp3) is 0.561. The van der Waals surface area contributed by atoms with Crippen LogP contribution in [0.4, 0.5) is 0 Å². The smallest absolute Gasteiger partial charge is 0.338 e. The maximum atomic E-state index is 12.0. The third-order valence-corrected chi connectivity index (χ3v) is 12.4. The van der Waals surface area contributed by atoms with Gasteiger partial charge in [-0.25, -0.2) is 9.59 Å². The maximum absolute atomic E-state index is 12.0. The second-order valence-electron chi connectivity index (χ2n) is 15.3. The number of ether oxygens (including phenoxy) is 1. The van der Waals surface area contributed by atoms with Crippen molar-refractivity contribution < 1.29 is 19.4 Å². The van der Waals surface area contributed by atoms with E-state index in [0.717, 1.165) is 66.0 Å². The Kier molecular flexibility index (Phi) is 11.6. The SMILES string of the molecule is COC(=O)c1ccncc1Cc1cnn(C2CCN(C3CCC3)CC2)c1C.Cc1c(Cc2cnccc2C(=O)O)cnn1C1CCN(C2CCC2)CC1. The summed E-state index contributed by atoms with van der Waals surface area (Å²) in [4.78, 5) is 37.0. The summed E-state index contributed by atoms with van der Waals surface area (Å²) < 4.78 is 9.25. The lowest BCUT2D eigenvalue weighted by Gasteiger charge is -2.42. The first-order valence-corrected chi connectivity index (χ1v) is 19.5. The lowest BCUT2D eigenvalue weighted by Crippen LogP contribution is -2.45. The third-order valence-electron chi connectivity index (χ3n) is 12.4. The highest BCUT2D eigenvalue weighted by Crippen LogP contribution is 2.33. The molecule has 1 N–H and O–H groups in total. The van der Waals surface area contributed by atoms with Gasteiger partial charge >= 0.3 is 11.9 Å². The molecule has 2 saturated heterocycles. The topological polar surface area (TPSA) is 132 Å². The number of carboxylic acids is 1. The van der Waals surface area contributed by atoms with Gasteiger partial charge in [0, 0.05) is 87.3 Å². The van der Waals surface area contributed by atoms with E-state index in [1.54, 1.807) is 30.7 Å². The molecule has 2 aliphatic carbocycles. The maximum Gasteiger partial charge on any atom is 0.338 e. The van der Waals surface area contributed by atoms with Gasteiger partial charge in [-0.3, -0.25) is 19.3 Å². The number of carbonyl (C=O) groups excluding carboxylic acids is 1. The first-order chi connectivity index (χ1) is 25.8. The van der Waals surface area contributed by atoms with Crippen molar-refractivity contribution in [2.24, 2.45) is 0 Å². The number of carboxylic acid groups (broad SMARTS) is 1.